The van der Waals surface area contributed by atoms with Crippen molar-refractivity contribution in [1.29, 1.82) is 0 Å². The van der Waals surface area contributed by atoms with Crippen LogP contribution in [0.15, 0.2) is 0 Å². The maximum Gasteiger partial charge on any atom is 0.324 e. The van der Waals surface area contributed by atoms with Gasteiger partial charge in [-0.3, -0.25) is 9.69 Å². The number of carboxylic acids is 1. The van der Waals surface area contributed by atoms with Crippen molar-refractivity contribution in [3.8, 4) is 0 Å². The van der Waals surface area contributed by atoms with E-state index < -0.39 is 11.5 Å². The van der Waals surface area contributed by atoms with Crippen molar-refractivity contribution in [2.75, 3.05) is 13.1 Å². The summed E-state index contributed by atoms with van der Waals surface area (Å²) >= 11 is 0. The van der Waals surface area contributed by atoms with Crippen LogP contribution in [-0.2, 0) is 4.79 Å². The molecule has 1 atom stereocenters. The molecule has 1 saturated heterocycles. The van der Waals surface area contributed by atoms with Crippen LogP contribution >= 0.6 is 0 Å². The standard InChI is InChI=1S/C10H17NO2/c1-10(9(12)13,8-4-5-8)11-6-2-3-7-11/h8H,2-7H2,1H3,(H,12,13). The molecule has 2 rings (SSSR count). The Morgan fingerprint density at radius 1 is 1.38 bits per heavy atom. The average molecular weight is 183 g/mol. The van der Waals surface area contributed by atoms with Gasteiger partial charge < -0.3 is 5.11 Å². The van der Waals surface area contributed by atoms with Crippen molar-refractivity contribution in [2.24, 2.45) is 5.92 Å². The van der Waals surface area contributed by atoms with E-state index in [-0.39, 0.29) is 0 Å². The molecule has 1 unspecified atom stereocenters. The molecule has 74 valence electrons. The number of hydrogen-bond donors (Lipinski definition) is 1. The Hall–Kier alpha value is -0.570. The monoisotopic (exact) mass is 183 g/mol. The van der Waals surface area contributed by atoms with Gasteiger partial charge in [0.2, 0.25) is 0 Å². The Labute approximate surface area is 78.7 Å². The quantitative estimate of drug-likeness (QED) is 0.717. The van der Waals surface area contributed by atoms with Crippen LogP contribution in [0.1, 0.15) is 32.6 Å². The fourth-order valence-corrected chi connectivity index (χ4v) is 2.40. The molecule has 1 aliphatic heterocycles. The van der Waals surface area contributed by atoms with Gasteiger partial charge in [0, 0.05) is 0 Å². The fourth-order valence-electron chi connectivity index (χ4n) is 2.40. The van der Waals surface area contributed by atoms with Gasteiger partial charge in [0.15, 0.2) is 0 Å². The zero-order chi connectivity index (χ0) is 9.47. The predicted molar refractivity (Wildman–Crippen MR) is 49.6 cm³/mol. The largest absolute Gasteiger partial charge is 0.480 e. The maximum atomic E-state index is 11.2. The summed E-state index contributed by atoms with van der Waals surface area (Å²) < 4.78 is 0. The zero-order valence-corrected chi connectivity index (χ0v) is 8.12. The third kappa shape index (κ3) is 1.35. The summed E-state index contributed by atoms with van der Waals surface area (Å²) in [6.07, 6.45) is 4.52. The summed E-state index contributed by atoms with van der Waals surface area (Å²) in [4.78, 5) is 13.4. The molecule has 0 spiro atoms. The third-order valence-electron chi connectivity index (χ3n) is 3.57. The topological polar surface area (TPSA) is 40.5 Å². The predicted octanol–water partition coefficient (Wildman–Crippen LogP) is 1.34. The molecule has 1 heterocycles. The van der Waals surface area contributed by atoms with E-state index in [0.717, 1.165) is 38.8 Å². The molecule has 1 aliphatic carbocycles. The molecule has 0 amide bonds. The second-order valence-electron chi connectivity index (χ2n) is 4.42. The van der Waals surface area contributed by atoms with Crippen LogP contribution < -0.4 is 0 Å². The van der Waals surface area contributed by atoms with Crippen molar-refractivity contribution in [3.05, 3.63) is 0 Å². The first kappa shape index (κ1) is 9.00. The SMILES string of the molecule is CC(C(=O)O)(C1CC1)N1CCCC1. The van der Waals surface area contributed by atoms with Crippen LogP contribution in [0.2, 0.25) is 0 Å². The minimum absolute atomic E-state index is 0.406. The van der Waals surface area contributed by atoms with Gasteiger partial charge in [-0.15, -0.1) is 0 Å². The minimum atomic E-state index is -0.628. The molecule has 0 aromatic rings. The van der Waals surface area contributed by atoms with Crippen molar-refractivity contribution in [1.82, 2.24) is 4.90 Å². The fraction of sp³-hybridized carbons (Fsp3) is 0.900. The van der Waals surface area contributed by atoms with Crippen LogP contribution in [0.3, 0.4) is 0 Å². The summed E-state index contributed by atoms with van der Waals surface area (Å²) in [5.74, 6) is -0.222. The van der Waals surface area contributed by atoms with E-state index in [0.29, 0.717) is 5.92 Å². The molecular formula is C10H17NO2. The Kier molecular flexibility index (Phi) is 2.06. The van der Waals surface area contributed by atoms with Gasteiger partial charge in [-0.2, -0.15) is 0 Å². The van der Waals surface area contributed by atoms with Crippen LogP contribution in [0.25, 0.3) is 0 Å². The van der Waals surface area contributed by atoms with E-state index in [1.165, 1.54) is 0 Å². The van der Waals surface area contributed by atoms with Gasteiger partial charge in [-0.1, -0.05) is 0 Å². The molecular weight excluding hydrogens is 166 g/mol. The lowest BCUT2D eigenvalue weighted by molar-refractivity contribution is -0.151. The summed E-state index contributed by atoms with van der Waals surface area (Å²) in [6.45, 7) is 3.84. The first-order chi connectivity index (χ1) is 6.15. The first-order valence-corrected chi connectivity index (χ1v) is 5.14. The molecule has 2 aliphatic rings. The number of rotatable bonds is 3. The number of likely N-dealkylation sites (tertiary alicyclic amines) is 1. The zero-order valence-electron chi connectivity index (χ0n) is 8.12. The first-order valence-electron chi connectivity index (χ1n) is 5.14. The van der Waals surface area contributed by atoms with Crippen molar-refractivity contribution >= 4 is 5.97 Å². The highest BCUT2D eigenvalue weighted by molar-refractivity contribution is 5.79. The van der Waals surface area contributed by atoms with Crippen LogP contribution in [0.4, 0.5) is 0 Å². The molecule has 2 fully saturated rings. The summed E-state index contributed by atoms with van der Waals surface area (Å²) in [5, 5.41) is 9.26. The molecule has 1 N–H and O–H groups in total. The molecule has 0 aromatic heterocycles. The molecule has 13 heavy (non-hydrogen) atoms. The van der Waals surface area contributed by atoms with Gasteiger partial charge >= 0.3 is 5.97 Å². The van der Waals surface area contributed by atoms with Crippen molar-refractivity contribution < 1.29 is 9.90 Å². The van der Waals surface area contributed by atoms with Gasteiger partial charge in [0.1, 0.15) is 5.54 Å². The van der Waals surface area contributed by atoms with E-state index in [9.17, 15) is 9.90 Å². The second kappa shape index (κ2) is 2.98. The number of hydrogen-bond acceptors (Lipinski definition) is 2. The molecule has 0 aromatic carbocycles. The van der Waals surface area contributed by atoms with E-state index in [1.807, 2.05) is 6.92 Å². The number of aliphatic carboxylic acids is 1. The van der Waals surface area contributed by atoms with Crippen molar-refractivity contribution in [3.63, 3.8) is 0 Å². The Morgan fingerprint density at radius 3 is 2.31 bits per heavy atom. The number of carboxylic acid groups (broad SMARTS) is 1. The van der Waals surface area contributed by atoms with E-state index in [1.54, 1.807) is 0 Å². The van der Waals surface area contributed by atoms with Gasteiger partial charge in [0.25, 0.3) is 0 Å². The highest BCUT2D eigenvalue weighted by Crippen LogP contribution is 2.44. The molecule has 1 saturated carbocycles. The number of carbonyl (C=O) groups is 1. The van der Waals surface area contributed by atoms with Crippen LogP contribution in [-0.4, -0.2) is 34.6 Å². The number of nitrogens with zero attached hydrogens (tertiary/aromatic N) is 1. The Morgan fingerprint density at radius 2 is 1.92 bits per heavy atom. The molecule has 0 radical (unpaired) electrons. The van der Waals surface area contributed by atoms with Gasteiger partial charge in [0.05, 0.1) is 0 Å². The van der Waals surface area contributed by atoms with Gasteiger partial charge in [-0.05, 0) is 51.6 Å². The minimum Gasteiger partial charge on any atom is -0.480 e. The van der Waals surface area contributed by atoms with E-state index in [2.05, 4.69) is 4.90 Å². The molecule has 3 nitrogen and oxygen atoms in total. The maximum absolute atomic E-state index is 11.2. The van der Waals surface area contributed by atoms with Crippen LogP contribution in [0.5, 0.6) is 0 Å². The smallest absolute Gasteiger partial charge is 0.324 e. The Balaban J connectivity index is 2.15. The normalized spacial score (nSPS) is 28.7. The van der Waals surface area contributed by atoms with Crippen LogP contribution in [0, 0.1) is 5.92 Å². The van der Waals surface area contributed by atoms with Gasteiger partial charge in [-0.25, -0.2) is 0 Å². The third-order valence-corrected chi connectivity index (χ3v) is 3.57. The Bertz CT molecular complexity index is 219. The highest BCUT2D eigenvalue weighted by atomic mass is 16.4. The lowest BCUT2D eigenvalue weighted by Crippen LogP contribution is -2.52. The van der Waals surface area contributed by atoms with E-state index >= 15 is 0 Å². The second-order valence-corrected chi connectivity index (χ2v) is 4.42. The summed E-state index contributed by atoms with van der Waals surface area (Å²) in [7, 11) is 0. The summed E-state index contributed by atoms with van der Waals surface area (Å²) in [5.41, 5.74) is -0.559. The highest BCUT2D eigenvalue weighted by Gasteiger charge is 2.51. The molecule has 3 heteroatoms. The van der Waals surface area contributed by atoms with Crippen molar-refractivity contribution in [2.45, 2.75) is 38.1 Å². The average Bonchev–Trinajstić information content (AvgIpc) is 2.80. The lowest BCUT2D eigenvalue weighted by atomic mass is 9.94. The van der Waals surface area contributed by atoms with E-state index in [4.69, 9.17) is 0 Å². The molecule has 0 bridgehead atoms. The summed E-state index contributed by atoms with van der Waals surface area (Å²) in [6, 6.07) is 0. The lowest BCUT2D eigenvalue weighted by Gasteiger charge is -2.34.